The quantitative estimate of drug-likeness (QED) is 0.787. The smallest absolute Gasteiger partial charge is 0.0492 e. The topological polar surface area (TPSA) is 43.8 Å². The van der Waals surface area contributed by atoms with Crippen molar-refractivity contribution < 1.29 is 0 Å². The van der Waals surface area contributed by atoms with Crippen molar-refractivity contribution in [3.63, 3.8) is 0 Å². The van der Waals surface area contributed by atoms with Crippen molar-refractivity contribution >= 4 is 0 Å². The summed E-state index contributed by atoms with van der Waals surface area (Å²) < 4.78 is 1.96. The molecule has 0 aliphatic heterocycles. The van der Waals surface area contributed by atoms with Crippen LogP contribution in [0.1, 0.15) is 31.9 Å². The first-order valence-electron chi connectivity index (χ1n) is 5.36. The van der Waals surface area contributed by atoms with Gasteiger partial charge in [0.05, 0.1) is 0 Å². The molecule has 1 aliphatic carbocycles. The summed E-state index contributed by atoms with van der Waals surface area (Å²) in [5.74, 6) is 0. The molecule has 1 saturated carbocycles. The second kappa shape index (κ2) is 3.39. The molecule has 14 heavy (non-hydrogen) atoms. The van der Waals surface area contributed by atoms with E-state index >= 15 is 0 Å². The Bertz CT molecular complexity index is 310. The maximum Gasteiger partial charge on any atom is 0.0492 e. The molecule has 1 heterocycles. The predicted molar refractivity (Wildman–Crippen MR) is 56.8 cm³/mol. The molecule has 2 N–H and O–H groups in total. The number of aromatic nitrogens is 2. The number of hydrogen-bond donors (Lipinski definition) is 1. The summed E-state index contributed by atoms with van der Waals surface area (Å²) in [6, 6.07) is 2.44. The van der Waals surface area contributed by atoms with Crippen LogP contribution in [-0.4, -0.2) is 15.8 Å². The third kappa shape index (κ3) is 1.69. The van der Waals surface area contributed by atoms with Crippen LogP contribution >= 0.6 is 0 Å². The van der Waals surface area contributed by atoms with Gasteiger partial charge >= 0.3 is 0 Å². The van der Waals surface area contributed by atoms with Crippen LogP contribution in [0.4, 0.5) is 0 Å². The molecule has 0 aromatic carbocycles. The normalized spacial score (nSPS) is 20.8. The lowest BCUT2D eigenvalue weighted by Gasteiger charge is -2.19. The maximum atomic E-state index is 5.99. The highest BCUT2D eigenvalue weighted by Gasteiger charge is 2.45. The number of nitrogens with two attached hydrogens (primary N) is 1. The third-order valence-electron chi connectivity index (χ3n) is 3.66. The highest BCUT2D eigenvalue weighted by molar-refractivity contribution is 5.05. The van der Waals surface area contributed by atoms with Gasteiger partial charge in [0.2, 0.25) is 0 Å². The summed E-state index contributed by atoms with van der Waals surface area (Å²) in [6.07, 6.45) is 6.80. The molecule has 1 aliphatic rings. The molecule has 1 aromatic heterocycles. The van der Waals surface area contributed by atoms with Crippen LogP contribution in [0.25, 0.3) is 0 Å². The number of nitrogens with zero attached hydrogens (tertiary/aromatic N) is 2. The molecule has 1 aromatic rings. The first kappa shape index (κ1) is 9.71. The van der Waals surface area contributed by atoms with Crippen LogP contribution < -0.4 is 5.73 Å². The molecule has 0 saturated heterocycles. The molecule has 3 heteroatoms. The van der Waals surface area contributed by atoms with Crippen LogP contribution in [0.15, 0.2) is 12.3 Å². The molecule has 0 spiro atoms. The van der Waals surface area contributed by atoms with Gasteiger partial charge in [-0.3, -0.25) is 4.68 Å². The Morgan fingerprint density at radius 2 is 2.36 bits per heavy atom. The Labute approximate surface area is 85.3 Å². The molecule has 2 rings (SSSR count). The Balaban J connectivity index is 1.92. The van der Waals surface area contributed by atoms with Crippen LogP contribution in [0, 0.1) is 5.41 Å². The molecule has 0 radical (unpaired) electrons. The highest BCUT2D eigenvalue weighted by Crippen LogP contribution is 2.51. The number of aryl methyl sites for hydroxylation is 2. The molecule has 1 fully saturated rings. The van der Waals surface area contributed by atoms with Crippen molar-refractivity contribution in [2.45, 2.75) is 38.6 Å². The molecule has 78 valence electrons. The number of rotatable bonds is 4. The molecule has 1 unspecified atom stereocenters. The van der Waals surface area contributed by atoms with Crippen LogP contribution in [0.5, 0.6) is 0 Å². The number of hydrogen-bond acceptors (Lipinski definition) is 2. The maximum absolute atomic E-state index is 5.99. The van der Waals surface area contributed by atoms with Gasteiger partial charge < -0.3 is 5.73 Å². The summed E-state index contributed by atoms with van der Waals surface area (Å²) >= 11 is 0. The summed E-state index contributed by atoms with van der Waals surface area (Å²) in [4.78, 5) is 0. The van der Waals surface area contributed by atoms with Crippen LogP contribution in [0.2, 0.25) is 0 Å². The Kier molecular flexibility index (Phi) is 2.35. The van der Waals surface area contributed by atoms with Gasteiger partial charge in [0.25, 0.3) is 0 Å². The zero-order chi connectivity index (χ0) is 10.2. The zero-order valence-corrected chi connectivity index (χ0v) is 9.03. The minimum absolute atomic E-state index is 0.343. The SMILES string of the molecule is CC(N)C1(CCc2ccnn2C)CC1. The van der Waals surface area contributed by atoms with Crippen LogP contribution in [0.3, 0.4) is 0 Å². The van der Waals surface area contributed by atoms with E-state index < -0.39 is 0 Å². The minimum atomic E-state index is 0.343. The zero-order valence-electron chi connectivity index (χ0n) is 9.03. The lowest BCUT2D eigenvalue weighted by Crippen LogP contribution is -2.28. The van der Waals surface area contributed by atoms with Crippen molar-refractivity contribution in [3.05, 3.63) is 18.0 Å². The molecular formula is C11H19N3. The lowest BCUT2D eigenvalue weighted by molar-refractivity contribution is 0.386. The monoisotopic (exact) mass is 193 g/mol. The average molecular weight is 193 g/mol. The van der Waals surface area contributed by atoms with E-state index in [9.17, 15) is 0 Å². The van der Waals surface area contributed by atoms with Gasteiger partial charge in [-0.05, 0) is 44.1 Å². The van der Waals surface area contributed by atoms with Crippen molar-refractivity contribution in [1.82, 2.24) is 9.78 Å². The molecule has 0 amide bonds. The van der Waals surface area contributed by atoms with E-state index in [1.54, 1.807) is 0 Å². The minimum Gasteiger partial charge on any atom is -0.327 e. The van der Waals surface area contributed by atoms with Crippen molar-refractivity contribution in [2.24, 2.45) is 18.2 Å². The average Bonchev–Trinajstić information content (AvgIpc) is 2.83. The molecule has 3 nitrogen and oxygen atoms in total. The van der Waals surface area contributed by atoms with E-state index in [4.69, 9.17) is 5.73 Å². The van der Waals surface area contributed by atoms with Crippen LogP contribution in [-0.2, 0) is 13.5 Å². The fraction of sp³-hybridized carbons (Fsp3) is 0.727. The summed E-state index contributed by atoms with van der Waals surface area (Å²) in [6.45, 7) is 2.14. The second-order valence-electron chi connectivity index (χ2n) is 4.60. The Hall–Kier alpha value is -0.830. The summed E-state index contributed by atoms with van der Waals surface area (Å²) in [5.41, 5.74) is 7.75. The largest absolute Gasteiger partial charge is 0.327 e. The first-order valence-corrected chi connectivity index (χ1v) is 5.36. The van der Waals surface area contributed by atoms with E-state index in [2.05, 4.69) is 18.1 Å². The van der Waals surface area contributed by atoms with Gasteiger partial charge in [-0.15, -0.1) is 0 Å². The summed E-state index contributed by atoms with van der Waals surface area (Å²) in [5, 5.41) is 4.17. The van der Waals surface area contributed by atoms with E-state index in [1.165, 1.54) is 25.0 Å². The van der Waals surface area contributed by atoms with Gasteiger partial charge in [-0.1, -0.05) is 0 Å². The predicted octanol–water partition coefficient (Wildman–Crippen LogP) is 1.48. The van der Waals surface area contributed by atoms with E-state index in [0.717, 1.165) is 6.42 Å². The van der Waals surface area contributed by atoms with E-state index in [1.807, 2.05) is 17.9 Å². The summed E-state index contributed by atoms with van der Waals surface area (Å²) in [7, 11) is 2.00. The van der Waals surface area contributed by atoms with Crippen molar-refractivity contribution in [1.29, 1.82) is 0 Å². The van der Waals surface area contributed by atoms with Gasteiger partial charge in [-0.25, -0.2) is 0 Å². The van der Waals surface area contributed by atoms with E-state index in [0.29, 0.717) is 11.5 Å². The standard InChI is InChI=1S/C11H19N3/c1-9(12)11(6-7-11)5-3-10-4-8-13-14(10)2/h4,8-9H,3,5-7,12H2,1-2H3. The van der Waals surface area contributed by atoms with Crippen molar-refractivity contribution in [2.75, 3.05) is 0 Å². The van der Waals surface area contributed by atoms with Gasteiger partial charge in [0.15, 0.2) is 0 Å². The Morgan fingerprint density at radius 3 is 2.79 bits per heavy atom. The second-order valence-corrected chi connectivity index (χ2v) is 4.60. The molecule has 0 bridgehead atoms. The third-order valence-corrected chi connectivity index (χ3v) is 3.66. The van der Waals surface area contributed by atoms with Gasteiger partial charge in [0, 0.05) is 25.0 Å². The fourth-order valence-corrected chi connectivity index (χ4v) is 2.12. The molecule has 1 atom stereocenters. The van der Waals surface area contributed by atoms with E-state index in [-0.39, 0.29) is 0 Å². The lowest BCUT2D eigenvalue weighted by atomic mass is 9.92. The van der Waals surface area contributed by atoms with Crippen molar-refractivity contribution in [3.8, 4) is 0 Å². The van der Waals surface area contributed by atoms with Gasteiger partial charge in [-0.2, -0.15) is 5.10 Å². The Morgan fingerprint density at radius 1 is 1.64 bits per heavy atom. The first-order chi connectivity index (χ1) is 6.64. The molecular weight excluding hydrogens is 174 g/mol. The van der Waals surface area contributed by atoms with Gasteiger partial charge in [0.1, 0.15) is 0 Å². The highest BCUT2D eigenvalue weighted by atomic mass is 15.2. The fourth-order valence-electron chi connectivity index (χ4n) is 2.12.